The summed E-state index contributed by atoms with van der Waals surface area (Å²) in [6.45, 7) is 0.874. The van der Waals surface area contributed by atoms with Gasteiger partial charge in [-0.25, -0.2) is 4.79 Å². The lowest BCUT2D eigenvalue weighted by Gasteiger charge is -2.06. The number of aromatic nitrogens is 4. The number of carbonyl (C=O) groups excluding carboxylic acids is 1. The van der Waals surface area contributed by atoms with Gasteiger partial charge in [0.25, 0.3) is 0 Å². The van der Waals surface area contributed by atoms with E-state index in [2.05, 4.69) is 20.5 Å². The Morgan fingerprint density at radius 2 is 2.44 bits per heavy atom. The molecule has 8 heteroatoms. The van der Waals surface area contributed by atoms with E-state index in [0.717, 1.165) is 5.56 Å². The van der Waals surface area contributed by atoms with Gasteiger partial charge < -0.3 is 11.1 Å². The van der Waals surface area contributed by atoms with E-state index in [1.807, 2.05) is 12.1 Å². The van der Waals surface area contributed by atoms with Crippen molar-refractivity contribution in [3.8, 4) is 11.4 Å². The van der Waals surface area contributed by atoms with Crippen LogP contribution in [0.15, 0.2) is 24.5 Å². The minimum absolute atomic E-state index is 0.385. The molecule has 2 rings (SSSR count). The van der Waals surface area contributed by atoms with Crippen molar-refractivity contribution < 1.29 is 4.79 Å². The molecule has 0 unspecified atom stereocenters. The van der Waals surface area contributed by atoms with E-state index < -0.39 is 6.03 Å². The molecular weight excluding hydrogens is 252 g/mol. The number of rotatable bonds is 4. The molecule has 7 nitrogen and oxygen atoms in total. The monoisotopic (exact) mass is 264 g/mol. The van der Waals surface area contributed by atoms with Gasteiger partial charge in [0, 0.05) is 31.0 Å². The van der Waals surface area contributed by atoms with Crippen molar-refractivity contribution in [1.82, 2.24) is 25.1 Å². The molecule has 2 aromatic rings. The third kappa shape index (κ3) is 2.72. The van der Waals surface area contributed by atoms with E-state index in [4.69, 9.17) is 18.0 Å². The van der Waals surface area contributed by atoms with Crippen LogP contribution in [-0.4, -0.2) is 32.3 Å². The summed E-state index contributed by atoms with van der Waals surface area (Å²) in [6.07, 6.45) is 3.38. The van der Waals surface area contributed by atoms with Crippen molar-refractivity contribution in [1.29, 1.82) is 0 Å². The highest BCUT2D eigenvalue weighted by Crippen LogP contribution is 2.14. The fraction of sp³-hybridized carbons (Fsp3) is 0.200. The van der Waals surface area contributed by atoms with Crippen molar-refractivity contribution >= 4 is 18.2 Å². The van der Waals surface area contributed by atoms with Crippen LogP contribution in [0.25, 0.3) is 11.4 Å². The average Bonchev–Trinajstić information content (AvgIpc) is 2.72. The van der Waals surface area contributed by atoms with Crippen LogP contribution in [0, 0.1) is 4.77 Å². The molecule has 2 heterocycles. The van der Waals surface area contributed by atoms with E-state index in [-0.39, 0.29) is 0 Å². The number of primary amides is 1. The summed E-state index contributed by atoms with van der Waals surface area (Å²) in [4.78, 5) is 14.6. The number of nitrogens with one attached hydrogen (secondary N) is 2. The second kappa shape index (κ2) is 5.41. The largest absolute Gasteiger partial charge is 0.352 e. The van der Waals surface area contributed by atoms with Crippen molar-refractivity contribution in [3.63, 3.8) is 0 Å². The van der Waals surface area contributed by atoms with E-state index in [9.17, 15) is 4.79 Å². The third-order valence-corrected chi connectivity index (χ3v) is 2.62. The fourth-order valence-corrected chi connectivity index (χ4v) is 1.75. The van der Waals surface area contributed by atoms with Crippen LogP contribution in [0.5, 0.6) is 0 Å². The third-order valence-electron chi connectivity index (χ3n) is 2.31. The first-order valence-corrected chi connectivity index (χ1v) is 5.68. The molecule has 2 amide bonds. The van der Waals surface area contributed by atoms with Gasteiger partial charge in [-0.2, -0.15) is 5.10 Å². The highest BCUT2D eigenvalue weighted by molar-refractivity contribution is 7.71. The number of pyridine rings is 1. The lowest BCUT2D eigenvalue weighted by atomic mass is 10.3. The van der Waals surface area contributed by atoms with Gasteiger partial charge in [-0.15, -0.1) is 0 Å². The second-order valence-electron chi connectivity index (χ2n) is 3.54. The van der Waals surface area contributed by atoms with Crippen LogP contribution in [0.1, 0.15) is 0 Å². The van der Waals surface area contributed by atoms with Crippen LogP contribution in [0.4, 0.5) is 4.79 Å². The highest BCUT2D eigenvalue weighted by Gasteiger charge is 2.08. The molecule has 0 radical (unpaired) electrons. The Labute approximate surface area is 108 Å². The first kappa shape index (κ1) is 12.2. The predicted octanol–water partition coefficient (Wildman–Crippen LogP) is 0.671. The quantitative estimate of drug-likeness (QED) is 0.706. The summed E-state index contributed by atoms with van der Waals surface area (Å²) in [5, 5.41) is 9.37. The molecule has 4 N–H and O–H groups in total. The van der Waals surface area contributed by atoms with Crippen LogP contribution < -0.4 is 11.1 Å². The van der Waals surface area contributed by atoms with E-state index in [1.165, 1.54) is 0 Å². The molecule has 0 aliphatic carbocycles. The van der Waals surface area contributed by atoms with E-state index >= 15 is 0 Å². The SMILES string of the molecule is NC(=O)NCCn1c(-c2cccnc2)n[nH]c1=S. The van der Waals surface area contributed by atoms with Crippen molar-refractivity contribution in [3.05, 3.63) is 29.3 Å². The molecule has 0 spiro atoms. The Bertz CT molecular complexity index is 590. The van der Waals surface area contributed by atoms with Gasteiger partial charge >= 0.3 is 6.03 Å². The number of urea groups is 1. The van der Waals surface area contributed by atoms with Crippen LogP contribution >= 0.6 is 12.2 Å². The second-order valence-corrected chi connectivity index (χ2v) is 3.92. The maximum Gasteiger partial charge on any atom is 0.312 e. The Hall–Kier alpha value is -2.22. The first-order valence-electron chi connectivity index (χ1n) is 5.27. The molecule has 0 fully saturated rings. The standard InChI is InChI=1S/C10H12N6OS/c11-9(17)13-4-5-16-8(14-15-10(16)18)7-2-1-3-12-6-7/h1-3,6H,4-5H2,(H,15,18)(H3,11,13,17). The van der Waals surface area contributed by atoms with Gasteiger partial charge in [-0.1, -0.05) is 0 Å². The molecule has 0 bridgehead atoms. The number of carbonyl (C=O) groups is 1. The lowest BCUT2D eigenvalue weighted by Crippen LogP contribution is -2.32. The van der Waals surface area contributed by atoms with Crippen molar-refractivity contribution in [2.24, 2.45) is 5.73 Å². The summed E-state index contributed by atoms with van der Waals surface area (Å²) in [6, 6.07) is 3.14. The van der Waals surface area contributed by atoms with Gasteiger partial charge in [-0.05, 0) is 24.4 Å². The topological polar surface area (TPSA) is 102 Å². The van der Waals surface area contributed by atoms with Gasteiger partial charge in [0.15, 0.2) is 10.6 Å². The first-order chi connectivity index (χ1) is 8.68. The van der Waals surface area contributed by atoms with Gasteiger partial charge in [0.1, 0.15) is 0 Å². The molecular formula is C10H12N6OS. The number of hydrogen-bond donors (Lipinski definition) is 3. The van der Waals surface area contributed by atoms with Crippen molar-refractivity contribution in [2.75, 3.05) is 6.54 Å². The van der Waals surface area contributed by atoms with Gasteiger partial charge in [0.05, 0.1) is 0 Å². The Kier molecular flexibility index (Phi) is 3.68. The van der Waals surface area contributed by atoms with Crippen LogP contribution in [0.2, 0.25) is 0 Å². The summed E-state index contributed by atoms with van der Waals surface area (Å²) in [5.74, 6) is 0.680. The summed E-state index contributed by atoms with van der Waals surface area (Å²) < 4.78 is 2.27. The van der Waals surface area contributed by atoms with Gasteiger partial charge in [0.2, 0.25) is 0 Å². The zero-order valence-corrected chi connectivity index (χ0v) is 10.3. The molecule has 18 heavy (non-hydrogen) atoms. The molecule has 0 atom stereocenters. The maximum absolute atomic E-state index is 10.6. The number of nitrogens with zero attached hydrogens (tertiary/aromatic N) is 3. The molecule has 0 saturated carbocycles. The molecule has 0 saturated heterocycles. The Morgan fingerprint density at radius 3 is 3.11 bits per heavy atom. The zero-order chi connectivity index (χ0) is 13.0. The Morgan fingerprint density at radius 1 is 1.61 bits per heavy atom. The number of hydrogen-bond acceptors (Lipinski definition) is 4. The fourth-order valence-electron chi connectivity index (χ4n) is 1.53. The minimum atomic E-state index is -0.562. The van der Waals surface area contributed by atoms with E-state index in [0.29, 0.717) is 23.7 Å². The maximum atomic E-state index is 10.6. The molecule has 2 aromatic heterocycles. The minimum Gasteiger partial charge on any atom is -0.352 e. The van der Waals surface area contributed by atoms with E-state index in [1.54, 1.807) is 17.0 Å². The summed E-state index contributed by atoms with van der Waals surface area (Å²) >= 11 is 5.13. The number of amides is 2. The van der Waals surface area contributed by atoms with Crippen LogP contribution in [0.3, 0.4) is 0 Å². The average molecular weight is 264 g/mol. The van der Waals surface area contributed by atoms with Gasteiger partial charge in [-0.3, -0.25) is 14.6 Å². The van der Waals surface area contributed by atoms with Crippen molar-refractivity contribution in [2.45, 2.75) is 6.54 Å². The molecule has 0 aliphatic rings. The normalized spacial score (nSPS) is 10.2. The molecule has 0 aromatic carbocycles. The summed E-state index contributed by atoms with van der Waals surface area (Å²) in [7, 11) is 0. The summed E-state index contributed by atoms with van der Waals surface area (Å²) in [5.41, 5.74) is 5.85. The molecule has 94 valence electrons. The number of nitrogens with two attached hydrogens (primary N) is 1. The number of H-pyrrole nitrogens is 1. The predicted molar refractivity (Wildman–Crippen MR) is 68.2 cm³/mol. The zero-order valence-electron chi connectivity index (χ0n) is 9.46. The van der Waals surface area contributed by atoms with Crippen LogP contribution in [-0.2, 0) is 6.54 Å². The highest BCUT2D eigenvalue weighted by atomic mass is 32.1. The molecule has 0 aliphatic heterocycles. The smallest absolute Gasteiger partial charge is 0.312 e. The number of aromatic amines is 1. The Balaban J connectivity index is 2.22. The lowest BCUT2D eigenvalue weighted by molar-refractivity contribution is 0.248.